The predicted octanol–water partition coefficient (Wildman–Crippen LogP) is 1.17. The van der Waals surface area contributed by atoms with Crippen LogP contribution in [0.1, 0.15) is 18.1 Å². The molecule has 0 unspecified atom stereocenters. The maximum Gasteiger partial charge on any atom is 0.241 e. The molecule has 88 valence electrons. The van der Waals surface area contributed by atoms with Crippen LogP contribution >= 0.6 is 0 Å². The van der Waals surface area contributed by atoms with Crippen molar-refractivity contribution in [3.8, 4) is 17.9 Å². The Bertz CT molecular complexity index is 616. The average molecular weight is 248 g/mol. The molecular formula is C12H12N2O2S. The van der Waals surface area contributed by atoms with Crippen LogP contribution in [0.4, 0.5) is 0 Å². The quantitative estimate of drug-likeness (QED) is 0.816. The lowest BCUT2D eigenvalue weighted by Gasteiger charge is -2.07. The molecule has 0 aliphatic rings. The third-order valence-electron chi connectivity index (χ3n) is 2.13. The van der Waals surface area contributed by atoms with E-state index in [9.17, 15) is 8.42 Å². The number of aryl methyl sites for hydroxylation is 1. The molecule has 0 spiro atoms. The lowest BCUT2D eigenvalue weighted by molar-refractivity contribution is 0.585. The van der Waals surface area contributed by atoms with E-state index in [-0.39, 0.29) is 11.4 Å². The summed E-state index contributed by atoms with van der Waals surface area (Å²) in [5.41, 5.74) is 0.915. The van der Waals surface area contributed by atoms with Crippen molar-refractivity contribution >= 4 is 10.0 Å². The first-order chi connectivity index (χ1) is 8.01. The van der Waals surface area contributed by atoms with Crippen LogP contribution < -0.4 is 4.72 Å². The molecule has 5 heteroatoms. The molecule has 1 N–H and O–H groups in total. The van der Waals surface area contributed by atoms with Gasteiger partial charge < -0.3 is 0 Å². The lowest BCUT2D eigenvalue weighted by atomic mass is 10.2. The smallest absolute Gasteiger partial charge is 0.207 e. The van der Waals surface area contributed by atoms with Crippen LogP contribution in [-0.2, 0) is 10.0 Å². The van der Waals surface area contributed by atoms with Gasteiger partial charge in [0.05, 0.1) is 23.1 Å². The first kappa shape index (κ1) is 13.2. The second kappa shape index (κ2) is 5.49. The molecule has 0 saturated heterocycles. The first-order valence-electron chi connectivity index (χ1n) is 4.91. The van der Waals surface area contributed by atoms with Crippen molar-refractivity contribution in [1.29, 1.82) is 5.26 Å². The molecule has 0 amide bonds. The molecule has 1 rings (SSSR count). The van der Waals surface area contributed by atoms with Crippen molar-refractivity contribution in [3.63, 3.8) is 0 Å². The van der Waals surface area contributed by atoms with Crippen LogP contribution in [-0.4, -0.2) is 15.0 Å². The number of nitriles is 1. The zero-order valence-corrected chi connectivity index (χ0v) is 10.4. The van der Waals surface area contributed by atoms with E-state index in [0.29, 0.717) is 11.1 Å². The zero-order chi connectivity index (χ0) is 12.9. The Kier molecular flexibility index (Phi) is 4.28. The summed E-state index contributed by atoms with van der Waals surface area (Å²) in [7, 11) is -3.60. The highest BCUT2D eigenvalue weighted by molar-refractivity contribution is 7.89. The summed E-state index contributed by atoms with van der Waals surface area (Å²) in [6, 6.07) is 6.47. The molecular weight excluding hydrogens is 236 g/mol. The van der Waals surface area contributed by atoms with Crippen molar-refractivity contribution in [3.05, 3.63) is 29.3 Å². The average Bonchev–Trinajstić information content (AvgIpc) is 2.29. The summed E-state index contributed by atoms with van der Waals surface area (Å²) >= 11 is 0. The number of nitrogens with zero attached hydrogens (tertiary/aromatic N) is 1. The van der Waals surface area contributed by atoms with Gasteiger partial charge in [-0.2, -0.15) is 9.98 Å². The van der Waals surface area contributed by atoms with Crippen LogP contribution in [0.25, 0.3) is 0 Å². The van der Waals surface area contributed by atoms with Crippen LogP contribution in [0, 0.1) is 30.1 Å². The topological polar surface area (TPSA) is 70.0 Å². The molecule has 1 aromatic rings. The van der Waals surface area contributed by atoms with Crippen LogP contribution in [0.3, 0.4) is 0 Å². The fourth-order valence-electron chi connectivity index (χ4n) is 1.26. The van der Waals surface area contributed by atoms with Crippen LogP contribution in [0.5, 0.6) is 0 Å². The number of benzene rings is 1. The maximum atomic E-state index is 11.9. The Morgan fingerprint density at radius 3 is 2.71 bits per heavy atom. The minimum absolute atomic E-state index is 0.0645. The highest BCUT2D eigenvalue weighted by atomic mass is 32.2. The highest BCUT2D eigenvalue weighted by Crippen LogP contribution is 2.16. The number of rotatable bonds is 3. The SMILES string of the molecule is CC#CCNS(=O)(=O)c1cc(C#N)ccc1C. The van der Waals surface area contributed by atoms with Crippen LogP contribution in [0.15, 0.2) is 23.1 Å². The first-order valence-corrected chi connectivity index (χ1v) is 6.39. The zero-order valence-electron chi connectivity index (χ0n) is 9.61. The summed E-state index contributed by atoms with van der Waals surface area (Å²) in [5, 5.41) is 8.75. The van der Waals surface area contributed by atoms with Crippen molar-refractivity contribution in [2.24, 2.45) is 0 Å². The second-order valence-electron chi connectivity index (χ2n) is 3.34. The molecule has 17 heavy (non-hydrogen) atoms. The summed E-state index contributed by atoms with van der Waals surface area (Å²) < 4.78 is 26.2. The molecule has 0 heterocycles. The Morgan fingerprint density at radius 1 is 1.41 bits per heavy atom. The standard InChI is InChI=1S/C12H12N2O2S/c1-3-4-7-14-17(15,16)12-8-11(9-13)6-5-10(12)2/h5-6,8,14H,7H2,1-2H3. The van der Waals surface area contributed by atoms with Gasteiger partial charge in [-0.15, -0.1) is 5.92 Å². The molecule has 0 radical (unpaired) electrons. The van der Waals surface area contributed by atoms with Gasteiger partial charge in [0.25, 0.3) is 0 Å². The normalized spacial score (nSPS) is 10.2. The van der Waals surface area contributed by atoms with Crippen LogP contribution in [0.2, 0.25) is 0 Å². The third kappa shape index (κ3) is 3.32. The van der Waals surface area contributed by atoms with Crippen molar-refractivity contribution < 1.29 is 8.42 Å². The molecule has 1 aromatic carbocycles. The number of hydrogen-bond donors (Lipinski definition) is 1. The van der Waals surface area contributed by atoms with E-state index in [1.54, 1.807) is 26.0 Å². The third-order valence-corrected chi connectivity index (χ3v) is 3.68. The maximum absolute atomic E-state index is 11.9. The fourth-order valence-corrected chi connectivity index (χ4v) is 2.45. The number of hydrogen-bond acceptors (Lipinski definition) is 3. The minimum atomic E-state index is -3.60. The van der Waals surface area contributed by atoms with Gasteiger partial charge in [0.1, 0.15) is 0 Å². The largest absolute Gasteiger partial charge is 0.241 e. The molecule has 0 aromatic heterocycles. The summed E-state index contributed by atoms with van der Waals surface area (Å²) in [4.78, 5) is 0.120. The molecule has 0 bridgehead atoms. The molecule has 0 aliphatic heterocycles. The molecule has 4 nitrogen and oxygen atoms in total. The van der Waals surface area contributed by atoms with Gasteiger partial charge in [0.15, 0.2) is 0 Å². The monoisotopic (exact) mass is 248 g/mol. The van der Waals surface area contributed by atoms with Gasteiger partial charge in [0.2, 0.25) is 10.0 Å². The van der Waals surface area contributed by atoms with Crippen molar-refractivity contribution in [2.45, 2.75) is 18.7 Å². The Balaban J connectivity index is 3.13. The van der Waals surface area contributed by atoms with Gasteiger partial charge in [-0.05, 0) is 31.5 Å². The fraction of sp³-hybridized carbons (Fsp3) is 0.250. The van der Waals surface area contributed by atoms with E-state index in [4.69, 9.17) is 5.26 Å². The van der Waals surface area contributed by atoms with Gasteiger partial charge in [-0.3, -0.25) is 0 Å². The summed E-state index contributed by atoms with van der Waals surface area (Å²) in [5.74, 6) is 5.22. The minimum Gasteiger partial charge on any atom is -0.207 e. The van der Waals surface area contributed by atoms with E-state index in [2.05, 4.69) is 16.6 Å². The second-order valence-corrected chi connectivity index (χ2v) is 5.08. The van der Waals surface area contributed by atoms with Gasteiger partial charge in [-0.1, -0.05) is 12.0 Å². The Labute approximate surface area is 101 Å². The molecule has 0 fully saturated rings. The molecule has 0 atom stereocenters. The Morgan fingerprint density at radius 2 is 2.12 bits per heavy atom. The lowest BCUT2D eigenvalue weighted by Crippen LogP contribution is -2.24. The van der Waals surface area contributed by atoms with E-state index in [1.165, 1.54) is 6.07 Å². The number of sulfonamides is 1. The molecule has 0 aliphatic carbocycles. The van der Waals surface area contributed by atoms with Crippen molar-refractivity contribution in [2.75, 3.05) is 6.54 Å². The number of nitrogens with one attached hydrogen (secondary N) is 1. The van der Waals surface area contributed by atoms with Crippen molar-refractivity contribution in [1.82, 2.24) is 4.72 Å². The van der Waals surface area contributed by atoms with E-state index >= 15 is 0 Å². The predicted molar refractivity (Wildman–Crippen MR) is 64.5 cm³/mol. The van der Waals surface area contributed by atoms with Gasteiger partial charge in [0, 0.05) is 0 Å². The Hall–Kier alpha value is -1.82. The molecule has 0 saturated carbocycles. The van der Waals surface area contributed by atoms with E-state index in [1.807, 2.05) is 6.07 Å². The van der Waals surface area contributed by atoms with Gasteiger partial charge >= 0.3 is 0 Å². The van der Waals surface area contributed by atoms with E-state index in [0.717, 1.165) is 0 Å². The van der Waals surface area contributed by atoms with E-state index < -0.39 is 10.0 Å². The summed E-state index contributed by atoms with van der Waals surface area (Å²) in [6.07, 6.45) is 0. The highest BCUT2D eigenvalue weighted by Gasteiger charge is 2.16. The van der Waals surface area contributed by atoms with Gasteiger partial charge in [-0.25, -0.2) is 8.42 Å². The summed E-state index contributed by atoms with van der Waals surface area (Å²) in [6.45, 7) is 3.38.